The van der Waals surface area contributed by atoms with Crippen molar-refractivity contribution in [2.24, 2.45) is 0 Å². The van der Waals surface area contributed by atoms with Gasteiger partial charge >= 0.3 is 13.3 Å². The van der Waals surface area contributed by atoms with Gasteiger partial charge in [-0.15, -0.1) is 0 Å². The maximum absolute atomic E-state index is 14.0. The Balaban J connectivity index is 2.04. The Hall–Kier alpha value is -1.54. The molecule has 0 saturated carbocycles. The largest absolute Gasteiger partial charge is 0.495 e. The van der Waals surface area contributed by atoms with Crippen LogP contribution in [-0.2, 0) is 15.5 Å². The van der Waals surface area contributed by atoms with Crippen molar-refractivity contribution in [1.82, 2.24) is 4.90 Å². The van der Waals surface area contributed by atoms with Gasteiger partial charge in [0, 0.05) is 13.1 Å². The van der Waals surface area contributed by atoms with Gasteiger partial charge in [0.1, 0.15) is 0 Å². The minimum absolute atomic E-state index is 0.149. The highest BCUT2D eigenvalue weighted by molar-refractivity contribution is 6.62. The van der Waals surface area contributed by atoms with Crippen LogP contribution in [0.2, 0.25) is 0 Å². The fourth-order valence-corrected chi connectivity index (χ4v) is 3.50. The summed E-state index contributed by atoms with van der Waals surface area (Å²) in [5, 5.41) is 0. The summed E-state index contributed by atoms with van der Waals surface area (Å²) in [6.45, 7) is 8.09. The van der Waals surface area contributed by atoms with Crippen molar-refractivity contribution >= 4 is 18.5 Å². The molecule has 0 aromatic heterocycles. The minimum Gasteiger partial charge on any atom is -0.399 e. The first-order chi connectivity index (χ1) is 12.4. The molecule has 0 bridgehead atoms. The first-order valence-corrected chi connectivity index (χ1v) is 9.29. The zero-order valence-electron chi connectivity index (χ0n) is 16.2. The van der Waals surface area contributed by atoms with Crippen LogP contribution in [0.4, 0.5) is 13.2 Å². The molecule has 0 aliphatic carbocycles. The molecular weight excluding hydrogens is 358 g/mol. The maximum Gasteiger partial charge on any atom is 0.495 e. The van der Waals surface area contributed by atoms with Crippen molar-refractivity contribution < 1.29 is 27.3 Å². The molecule has 1 aromatic rings. The summed E-state index contributed by atoms with van der Waals surface area (Å²) >= 11 is 0. The van der Waals surface area contributed by atoms with Crippen molar-refractivity contribution in [2.45, 2.75) is 64.3 Å². The lowest BCUT2D eigenvalue weighted by molar-refractivity contribution is -0.137. The molecule has 0 radical (unpaired) electrons. The quantitative estimate of drug-likeness (QED) is 0.733. The van der Waals surface area contributed by atoms with Crippen LogP contribution in [0.5, 0.6) is 0 Å². The number of benzene rings is 1. The summed E-state index contributed by atoms with van der Waals surface area (Å²) < 4.78 is 53.6. The second-order valence-electron chi connectivity index (χ2n) is 8.21. The molecule has 2 aliphatic rings. The zero-order valence-corrected chi connectivity index (χ0v) is 16.2. The van der Waals surface area contributed by atoms with Crippen LogP contribution in [0.1, 0.15) is 62.9 Å². The van der Waals surface area contributed by atoms with E-state index in [0.717, 1.165) is 19.3 Å². The molecular formula is C19H25BF3NO3. The molecule has 148 valence electrons. The molecule has 2 saturated heterocycles. The highest BCUT2D eigenvalue weighted by atomic mass is 19.4. The third kappa shape index (κ3) is 3.74. The van der Waals surface area contributed by atoms with Crippen molar-refractivity contribution in [1.29, 1.82) is 0 Å². The lowest BCUT2D eigenvalue weighted by Gasteiger charge is -2.32. The Labute approximate surface area is 158 Å². The molecule has 2 aliphatic heterocycles. The summed E-state index contributed by atoms with van der Waals surface area (Å²) in [5.74, 6) is -0.583. The number of nitrogens with zero attached hydrogens (tertiary/aromatic N) is 1. The molecule has 8 heteroatoms. The van der Waals surface area contributed by atoms with E-state index in [2.05, 4.69) is 0 Å². The normalized spacial score (nSPS) is 22.2. The number of hydrogen-bond acceptors (Lipinski definition) is 3. The molecule has 27 heavy (non-hydrogen) atoms. The topological polar surface area (TPSA) is 38.8 Å². The Morgan fingerprint density at radius 2 is 1.59 bits per heavy atom. The molecule has 1 aromatic carbocycles. The third-order valence-corrected chi connectivity index (χ3v) is 5.76. The van der Waals surface area contributed by atoms with E-state index in [-0.39, 0.29) is 11.0 Å². The van der Waals surface area contributed by atoms with Gasteiger partial charge in [-0.05, 0) is 58.5 Å². The molecule has 4 nitrogen and oxygen atoms in total. The van der Waals surface area contributed by atoms with E-state index in [1.165, 1.54) is 23.1 Å². The lowest BCUT2D eigenvalue weighted by Crippen LogP contribution is -2.42. The summed E-state index contributed by atoms with van der Waals surface area (Å²) in [7, 11) is -1.18. The van der Waals surface area contributed by atoms with Gasteiger partial charge in [0.25, 0.3) is 5.91 Å². The predicted octanol–water partition coefficient (Wildman–Crippen LogP) is 3.63. The Morgan fingerprint density at radius 3 is 2.11 bits per heavy atom. The number of carbonyl (C=O) groups excluding carboxylic acids is 1. The summed E-state index contributed by atoms with van der Waals surface area (Å²) in [4.78, 5) is 14.3. The fourth-order valence-electron chi connectivity index (χ4n) is 3.50. The molecule has 2 heterocycles. The third-order valence-electron chi connectivity index (χ3n) is 5.76. The van der Waals surface area contributed by atoms with Gasteiger partial charge in [-0.1, -0.05) is 12.1 Å². The smallest absolute Gasteiger partial charge is 0.399 e. The van der Waals surface area contributed by atoms with Gasteiger partial charge in [0.05, 0.1) is 22.3 Å². The van der Waals surface area contributed by atoms with E-state index < -0.39 is 36.0 Å². The Bertz CT molecular complexity index is 711. The van der Waals surface area contributed by atoms with Gasteiger partial charge in [-0.2, -0.15) is 13.2 Å². The molecule has 0 N–H and O–H groups in total. The summed E-state index contributed by atoms with van der Waals surface area (Å²) in [6.07, 6.45) is -2.08. The Morgan fingerprint density at radius 1 is 1.04 bits per heavy atom. The Kier molecular flexibility index (Phi) is 5.10. The predicted molar refractivity (Wildman–Crippen MR) is 96.9 cm³/mol. The molecule has 0 spiro atoms. The second-order valence-corrected chi connectivity index (χ2v) is 8.21. The van der Waals surface area contributed by atoms with Crippen LogP contribution < -0.4 is 5.46 Å². The van der Waals surface area contributed by atoms with E-state index in [4.69, 9.17) is 9.31 Å². The van der Waals surface area contributed by atoms with Gasteiger partial charge < -0.3 is 14.2 Å². The highest BCUT2D eigenvalue weighted by Crippen LogP contribution is 2.39. The van der Waals surface area contributed by atoms with Crippen molar-refractivity contribution in [3.05, 3.63) is 29.3 Å². The number of likely N-dealkylation sites (tertiary alicyclic amines) is 1. The number of hydrogen-bond donors (Lipinski definition) is 0. The number of amides is 1. The number of rotatable bonds is 2. The maximum atomic E-state index is 14.0. The number of alkyl halides is 3. The highest BCUT2D eigenvalue weighted by Gasteiger charge is 2.54. The van der Waals surface area contributed by atoms with Crippen molar-refractivity contribution in [2.75, 3.05) is 13.1 Å². The summed E-state index contributed by atoms with van der Waals surface area (Å²) in [5.41, 5.74) is -2.99. The molecule has 2 fully saturated rings. The van der Waals surface area contributed by atoms with Crippen LogP contribution in [0.25, 0.3) is 0 Å². The summed E-state index contributed by atoms with van der Waals surface area (Å²) in [6, 6.07) is 4.04. The minimum atomic E-state index is -4.69. The van der Waals surface area contributed by atoms with E-state index in [0.29, 0.717) is 13.1 Å². The van der Waals surface area contributed by atoms with Crippen LogP contribution in [0, 0.1) is 0 Å². The van der Waals surface area contributed by atoms with E-state index in [1.54, 1.807) is 27.7 Å². The van der Waals surface area contributed by atoms with Crippen LogP contribution in [-0.4, -0.2) is 42.2 Å². The lowest BCUT2D eigenvalue weighted by atomic mass is 9.74. The average Bonchev–Trinajstić information content (AvgIpc) is 2.81. The monoisotopic (exact) mass is 383 g/mol. The molecule has 0 atom stereocenters. The first kappa shape index (κ1) is 20.2. The van der Waals surface area contributed by atoms with Crippen molar-refractivity contribution in [3.8, 4) is 0 Å². The second kappa shape index (κ2) is 6.81. The SMILES string of the molecule is CC1(C)OB(c2cccc(C(=O)N3CCCCC3)c2C(F)(F)F)OC1(C)C. The standard InChI is InChI=1S/C19H25BF3NO3/c1-17(2)18(3,4)27-20(26-17)14-10-8-9-13(15(14)19(21,22)23)16(25)24-11-6-5-7-12-24/h8-10H,5-7,11-12H2,1-4H3. The molecule has 1 amide bonds. The van der Waals surface area contributed by atoms with E-state index >= 15 is 0 Å². The van der Waals surface area contributed by atoms with Crippen LogP contribution in [0.3, 0.4) is 0 Å². The van der Waals surface area contributed by atoms with Gasteiger partial charge in [0.2, 0.25) is 0 Å². The van der Waals surface area contributed by atoms with E-state index in [1.807, 2.05) is 0 Å². The number of piperidine rings is 1. The van der Waals surface area contributed by atoms with Crippen molar-refractivity contribution in [3.63, 3.8) is 0 Å². The van der Waals surface area contributed by atoms with Gasteiger partial charge in [-0.3, -0.25) is 4.79 Å². The van der Waals surface area contributed by atoms with Crippen LogP contribution in [0.15, 0.2) is 18.2 Å². The van der Waals surface area contributed by atoms with Gasteiger partial charge in [-0.25, -0.2) is 0 Å². The van der Waals surface area contributed by atoms with Crippen LogP contribution >= 0.6 is 0 Å². The van der Waals surface area contributed by atoms with Gasteiger partial charge in [0.15, 0.2) is 0 Å². The number of halogens is 3. The van der Waals surface area contributed by atoms with E-state index in [9.17, 15) is 18.0 Å². The zero-order chi connectivity index (χ0) is 20.0. The first-order valence-electron chi connectivity index (χ1n) is 9.29. The fraction of sp³-hybridized carbons (Fsp3) is 0.632. The molecule has 3 rings (SSSR count). The average molecular weight is 383 g/mol. The number of carbonyl (C=O) groups is 1. The molecule has 0 unspecified atom stereocenters.